The third-order valence-electron chi connectivity index (χ3n) is 4.04. The number of hydrogen-bond donors (Lipinski definition) is 3. The normalized spacial score (nSPS) is 15.1. The first-order chi connectivity index (χ1) is 13.0. The van der Waals surface area contributed by atoms with E-state index >= 15 is 0 Å². The average molecular weight is 391 g/mol. The van der Waals surface area contributed by atoms with Crippen LogP contribution in [0.25, 0.3) is 0 Å². The van der Waals surface area contributed by atoms with Gasteiger partial charge in [-0.25, -0.2) is 14.4 Å². The summed E-state index contributed by atoms with van der Waals surface area (Å²) in [5.41, 5.74) is -0.270. The Morgan fingerprint density at radius 3 is 1.79 bits per heavy atom. The van der Waals surface area contributed by atoms with Gasteiger partial charge in [-0.05, 0) is 41.5 Å². The maximum Gasteiger partial charge on any atom is 0.337 e. The zero-order chi connectivity index (χ0) is 21.2. The fraction of sp³-hybridized carbons (Fsp3) is 0.474. The van der Waals surface area contributed by atoms with Crippen LogP contribution in [-0.4, -0.2) is 34.1 Å². The fourth-order valence-corrected chi connectivity index (χ4v) is 3.04. The summed E-state index contributed by atoms with van der Waals surface area (Å²) in [5.74, 6) is -2.39. The molecule has 2 heterocycles. The van der Waals surface area contributed by atoms with Crippen molar-refractivity contribution in [2.24, 2.45) is 0 Å². The van der Waals surface area contributed by atoms with Crippen molar-refractivity contribution in [3.05, 3.63) is 55.1 Å². The van der Waals surface area contributed by atoms with Crippen molar-refractivity contribution in [3.8, 4) is 0 Å². The predicted molar refractivity (Wildman–Crippen MR) is 101 cm³/mol. The fourth-order valence-electron chi connectivity index (χ4n) is 3.04. The molecular formula is C19H25N3O6. The minimum atomic E-state index is -1.06. The van der Waals surface area contributed by atoms with Crippen molar-refractivity contribution < 1.29 is 19.1 Å². The summed E-state index contributed by atoms with van der Waals surface area (Å²) in [4.78, 5) is 54.0. The number of aromatic amines is 2. The number of ether oxygens (including phenoxy) is 2. The predicted octanol–water partition coefficient (Wildman–Crippen LogP) is 1.20. The molecule has 0 fully saturated rings. The summed E-state index contributed by atoms with van der Waals surface area (Å²) < 4.78 is 10.6. The molecule has 1 aromatic rings. The Balaban J connectivity index is 2.72. The van der Waals surface area contributed by atoms with E-state index in [9.17, 15) is 19.2 Å². The van der Waals surface area contributed by atoms with E-state index in [1.165, 1.54) is 6.20 Å². The summed E-state index contributed by atoms with van der Waals surface area (Å²) in [7, 11) is 0. The first-order valence-electron chi connectivity index (χ1n) is 8.95. The highest BCUT2D eigenvalue weighted by molar-refractivity contribution is 5.99. The Hall–Kier alpha value is -3.10. The van der Waals surface area contributed by atoms with Crippen LogP contribution in [0.15, 0.2) is 38.3 Å². The Morgan fingerprint density at radius 1 is 0.929 bits per heavy atom. The molecule has 0 saturated carbocycles. The molecule has 28 heavy (non-hydrogen) atoms. The Bertz CT molecular complexity index is 920. The van der Waals surface area contributed by atoms with Crippen LogP contribution in [0.3, 0.4) is 0 Å². The van der Waals surface area contributed by atoms with E-state index in [2.05, 4.69) is 15.3 Å². The Morgan fingerprint density at radius 2 is 1.39 bits per heavy atom. The third kappa shape index (κ3) is 4.41. The minimum absolute atomic E-state index is 0.0335. The van der Waals surface area contributed by atoms with Crippen LogP contribution in [0.4, 0.5) is 0 Å². The first kappa shape index (κ1) is 21.2. The average Bonchev–Trinajstić information content (AvgIpc) is 2.52. The van der Waals surface area contributed by atoms with Crippen molar-refractivity contribution in [2.45, 2.75) is 59.7 Å². The number of hydrogen-bond acceptors (Lipinski definition) is 7. The number of H-pyrrole nitrogens is 2. The van der Waals surface area contributed by atoms with Gasteiger partial charge in [0, 0.05) is 23.2 Å². The van der Waals surface area contributed by atoms with E-state index < -0.39 is 41.3 Å². The standard InChI is InChI=1S/C19H25N3O6/c1-8(2)27-17(24)13-10(5)21-11(6)14(18(25)28-9(3)4)15(13)12-7-20-19(26)22-16(12)23/h7-9,15,21H,1-6H3,(H2,20,22,23,26). The van der Waals surface area contributed by atoms with E-state index in [4.69, 9.17) is 9.47 Å². The van der Waals surface area contributed by atoms with E-state index in [0.717, 1.165) is 0 Å². The molecule has 0 aliphatic carbocycles. The van der Waals surface area contributed by atoms with Crippen LogP contribution < -0.4 is 16.6 Å². The minimum Gasteiger partial charge on any atom is -0.460 e. The molecule has 0 aromatic carbocycles. The molecule has 0 amide bonds. The van der Waals surface area contributed by atoms with Crippen molar-refractivity contribution in [3.63, 3.8) is 0 Å². The van der Waals surface area contributed by atoms with Gasteiger partial charge < -0.3 is 19.8 Å². The van der Waals surface area contributed by atoms with Crippen molar-refractivity contribution in [1.82, 2.24) is 15.3 Å². The van der Waals surface area contributed by atoms with Crippen molar-refractivity contribution >= 4 is 11.9 Å². The molecule has 9 heteroatoms. The first-order valence-corrected chi connectivity index (χ1v) is 8.95. The highest BCUT2D eigenvalue weighted by atomic mass is 16.5. The second kappa shape index (κ2) is 8.28. The summed E-state index contributed by atoms with van der Waals surface area (Å²) in [5, 5.41) is 2.99. The van der Waals surface area contributed by atoms with Crippen LogP contribution in [0.2, 0.25) is 0 Å². The summed E-state index contributed by atoms with van der Waals surface area (Å²) >= 11 is 0. The molecule has 0 radical (unpaired) electrons. The topological polar surface area (TPSA) is 130 Å². The maximum atomic E-state index is 12.8. The molecule has 2 rings (SSSR count). The molecule has 1 aliphatic rings. The molecule has 3 N–H and O–H groups in total. The lowest BCUT2D eigenvalue weighted by molar-refractivity contribution is -0.143. The van der Waals surface area contributed by atoms with Gasteiger partial charge in [0.15, 0.2) is 0 Å². The second-order valence-electron chi connectivity index (χ2n) is 7.07. The second-order valence-corrected chi connectivity index (χ2v) is 7.07. The molecule has 0 spiro atoms. The Kier molecular flexibility index (Phi) is 6.27. The zero-order valence-electron chi connectivity index (χ0n) is 16.8. The van der Waals surface area contributed by atoms with Crippen LogP contribution in [0, 0.1) is 0 Å². The summed E-state index contributed by atoms with van der Waals surface area (Å²) in [6.45, 7) is 10.1. The molecule has 0 saturated heterocycles. The molecule has 0 unspecified atom stereocenters. The molecular weight excluding hydrogens is 366 g/mol. The number of dihydropyridines is 1. The Labute approximate surface area is 161 Å². The van der Waals surface area contributed by atoms with Gasteiger partial charge in [0.05, 0.1) is 29.3 Å². The van der Waals surface area contributed by atoms with E-state index in [1.807, 2.05) is 0 Å². The van der Waals surface area contributed by atoms with Gasteiger partial charge in [-0.15, -0.1) is 0 Å². The highest BCUT2D eigenvalue weighted by Crippen LogP contribution is 2.37. The lowest BCUT2D eigenvalue weighted by atomic mass is 9.81. The van der Waals surface area contributed by atoms with Crippen molar-refractivity contribution in [2.75, 3.05) is 0 Å². The van der Waals surface area contributed by atoms with Gasteiger partial charge >= 0.3 is 17.6 Å². The molecule has 152 valence electrons. The molecule has 0 bridgehead atoms. The van der Waals surface area contributed by atoms with E-state index in [1.54, 1.807) is 41.5 Å². The van der Waals surface area contributed by atoms with E-state index in [-0.39, 0.29) is 16.7 Å². The summed E-state index contributed by atoms with van der Waals surface area (Å²) in [6, 6.07) is 0. The monoisotopic (exact) mass is 391 g/mol. The summed E-state index contributed by atoms with van der Waals surface area (Å²) in [6.07, 6.45) is 0.393. The molecule has 9 nitrogen and oxygen atoms in total. The molecule has 1 aromatic heterocycles. The van der Waals surface area contributed by atoms with Gasteiger partial charge in [0.1, 0.15) is 0 Å². The van der Waals surface area contributed by atoms with Crippen molar-refractivity contribution in [1.29, 1.82) is 0 Å². The molecule has 0 atom stereocenters. The smallest absolute Gasteiger partial charge is 0.337 e. The molecule has 1 aliphatic heterocycles. The van der Waals surface area contributed by atoms with Crippen LogP contribution >= 0.6 is 0 Å². The van der Waals surface area contributed by atoms with Gasteiger partial charge in [0.25, 0.3) is 5.56 Å². The largest absolute Gasteiger partial charge is 0.460 e. The van der Waals surface area contributed by atoms with Crippen LogP contribution in [0.1, 0.15) is 53.0 Å². The lowest BCUT2D eigenvalue weighted by Crippen LogP contribution is -2.37. The zero-order valence-corrected chi connectivity index (χ0v) is 16.8. The number of carbonyl (C=O) groups is 2. The number of rotatable bonds is 5. The number of aromatic nitrogens is 2. The van der Waals surface area contributed by atoms with Gasteiger partial charge in [-0.3, -0.25) is 9.78 Å². The SMILES string of the molecule is CC1=C(C(=O)OC(C)C)C(c2c[nH]c(=O)[nH]c2=O)C(C(=O)OC(C)C)=C(C)N1. The van der Waals surface area contributed by atoms with Crippen LogP contribution in [-0.2, 0) is 19.1 Å². The lowest BCUT2D eigenvalue weighted by Gasteiger charge is -2.30. The maximum absolute atomic E-state index is 12.8. The number of carbonyl (C=O) groups excluding carboxylic acids is 2. The third-order valence-corrected chi connectivity index (χ3v) is 4.04. The number of nitrogens with one attached hydrogen (secondary N) is 3. The van der Waals surface area contributed by atoms with Gasteiger partial charge in [0.2, 0.25) is 0 Å². The van der Waals surface area contributed by atoms with Crippen LogP contribution in [0.5, 0.6) is 0 Å². The van der Waals surface area contributed by atoms with E-state index in [0.29, 0.717) is 11.4 Å². The quantitative estimate of drug-likeness (QED) is 0.643. The number of esters is 2. The van der Waals surface area contributed by atoms with Gasteiger partial charge in [-0.1, -0.05) is 0 Å². The highest BCUT2D eigenvalue weighted by Gasteiger charge is 2.39. The number of allylic oxidation sites excluding steroid dienone is 2. The van der Waals surface area contributed by atoms with Gasteiger partial charge in [-0.2, -0.15) is 0 Å².